The number of carboxylic acid groups (broad SMARTS) is 1. The summed E-state index contributed by atoms with van der Waals surface area (Å²) in [6, 6.07) is 5.72. The number of thiophene rings is 1. The molecule has 0 aromatic carbocycles. The van der Waals surface area contributed by atoms with Crippen LogP contribution in [0.2, 0.25) is 5.02 Å². The first-order chi connectivity index (χ1) is 8.47. The molecular formula is C13H14ClNO2S. The van der Waals surface area contributed by atoms with Crippen molar-refractivity contribution in [1.82, 2.24) is 4.57 Å². The van der Waals surface area contributed by atoms with Crippen LogP contribution in [0.4, 0.5) is 0 Å². The van der Waals surface area contributed by atoms with Gasteiger partial charge in [-0.15, -0.1) is 11.3 Å². The van der Waals surface area contributed by atoms with E-state index in [1.807, 2.05) is 6.92 Å². The second-order valence-electron chi connectivity index (χ2n) is 4.32. The van der Waals surface area contributed by atoms with Crippen molar-refractivity contribution < 1.29 is 9.90 Å². The summed E-state index contributed by atoms with van der Waals surface area (Å²) in [6.45, 7) is 4.06. The van der Waals surface area contributed by atoms with Crippen LogP contribution >= 0.6 is 22.9 Å². The van der Waals surface area contributed by atoms with E-state index in [2.05, 4.69) is 19.1 Å². The molecule has 0 fully saturated rings. The minimum atomic E-state index is -0.948. The number of carbonyl (C=O) groups is 1. The lowest BCUT2D eigenvalue weighted by Crippen LogP contribution is -2.13. The molecule has 2 aromatic heterocycles. The Hall–Kier alpha value is -1.26. The number of nitrogens with zero attached hydrogens (tertiary/aromatic N) is 1. The molecule has 0 radical (unpaired) electrons. The Morgan fingerprint density at radius 2 is 2.28 bits per heavy atom. The van der Waals surface area contributed by atoms with Crippen molar-refractivity contribution in [2.75, 3.05) is 0 Å². The van der Waals surface area contributed by atoms with Gasteiger partial charge in [0.2, 0.25) is 0 Å². The summed E-state index contributed by atoms with van der Waals surface area (Å²) >= 11 is 7.62. The van der Waals surface area contributed by atoms with E-state index in [4.69, 9.17) is 16.7 Å². The van der Waals surface area contributed by atoms with Gasteiger partial charge in [0.05, 0.1) is 5.02 Å². The van der Waals surface area contributed by atoms with Crippen LogP contribution < -0.4 is 0 Å². The Morgan fingerprint density at radius 3 is 2.83 bits per heavy atom. The third-order valence-corrected chi connectivity index (χ3v) is 4.03. The second-order valence-corrected chi connectivity index (χ2v) is 6.13. The van der Waals surface area contributed by atoms with E-state index in [0.29, 0.717) is 5.02 Å². The zero-order valence-electron chi connectivity index (χ0n) is 10.2. The van der Waals surface area contributed by atoms with Gasteiger partial charge >= 0.3 is 5.97 Å². The molecule has 2 rings (SSSR count). The molecule has 96 valence electrons. The van der Waals surface area contributed by atoms with Crippen molar-refractivity contribution >= 4 is 28.9 Å². The predicted molar refractivity (Wildman–Crippen MR) is 73.9 cm³/mol. The van der Waals surface area contributed by atoms with E-state index >= 15 is 0 Å². The molecule has 0 bridgehead atoms. The molecule has 3 nitrogen and oxygen atoms in total. The van der Waals surface area contributed by atoms with Gasteiger partial charge < -0.3 is 9.67 Å². The number of aryl methyl sites for hydroxylation is 1. The highest BCUT2D eigenvalue weighted by Crippen LogP contribution is 2.25. The topological polar surface area (TPSA) is 42.2 Å². The van der Waals surface area contributed by atoms with Gasteiger partial charge in [-0.05, 0) is 32.0 Å². The van der Waals surface area contributed by atoms with Crippen molar-refractivity contribution in [1.29, 1.82) is 0 Å². The Labute approximate surface area is 115 Å². The average Bonchev–Trinajstić information content (AvgIpc) is 2.85. The number of carboxylic acids is 1. The fourth-order valence-electron chi connectivity index (χ4n) is 1.97. The lowest BCUT2D eigenvalue weighted by molar-refractivity contribution is 0.0683. The lowest BCUT2D eigenvalue weighted by atomic mass is 10.2. The highest BCUT2D eigenvalue weighted by molar-refractivity contribution is 7.11. The van der Waals surface area contributed by atoms with E-state index in [0.717, 1.165) is 6.42 Å². The Morgan fingerprint density at radius 1 is 1.56 bits per heavy atom. The van der Waals surface area contributed by atoms with Gasteiger partial charge in [-0.3, -0.25) is 0 Å². The van der Waals surface area contributed by atoms with Gasteiger partial charge in [-0.1, -0.05) is 11.6 Å². The Kier molecular flexibility index (Phi) is 3.78. The zero-order chi connectivity index (χ0) is 13.3. The summed E-state index contributed by atoms with van der Waals surface area (Å²) in [7, 11) is 0. The molecule has 0 aliphatic rings. The summed E-state index contributed by atoms with van der Waals surface area (Å²) in [6.07, 6.45) is 2.49. The van der Waals surface area contributed by atoms with Crippen LogP contribution in [0.15, 0.2) is 24.4 Å². The Bertz CT molecular complexity index is 573. The smallest absolute Gasteiger partial charge is 0.352 e. The molecular weight excluding hydrogens is 270 g/mol. The largest absolute Gasteiger partial charge is 0.477 e. The molecule has 5 heteroatoms. The molecule has 0 aliphatic carbocycles. The van der Waals surface area contributed by atoms with Crippen LogP contribution in [0.25, 0.3) is 0 Å². The second kappa shape index (κ2) is 5.16. The summed E-state index contributed by atoms with van der Waals surface area (Å²) in [5.74, 6) is -0.948. The summed E-state index contributed by atoms with van der Waals surface area (Å²) < 4.78 is 1.72. The third kappa shape index (κ3) is 2.76. The molecule has 1 unspecified atom stereocenters. The van der Waals surface area contributed by atoms with Gasteiger partial charge in [-0.2, -0.15) is 0 Å². The molecule has 0 saturated carbocycles. The molecule has 18 heavy (non-hydrogen) atoms. The molecule has 2 aromatic rings. The first-order valence-corrected chi connectivity index (χ1v) is 6.83. The zero-order valence-corrected chi connectivity index (χ0v) is 11.8. The summed E-state index contributed by atoms with van der Waals surface area (Å²) in [4.78, 5) is 13.6. The number of aromatic nitrogens is 1. The van der Waals surface area contributed by atoms with Crippen LogP contribution in [0.3, 0.4) is 0 Å². The first-order valence-electron chi connectivity index (χ1n) is 5.63. The molecule has 1 atom stereocenters. The summed E-state index contributed by atoms with van der Waals surface area (Å²) in [5, 5.41) is 9.58. The summed E-state index contributed by atoms with van der Waals surface area (Å²) in [5.41, 5.74) is 0.237. The minimum absolute atomic E-state index is 0.0710. The van der Waals surface area contributed by atoms with E-state index in [1.165, 1.54) is 15.8 Å². The molecule has 1 N–H and O–H groups in total. The van der Waals surface area contributed by atoms with Crippen LogP contribution in [-0.4, -0.2) is 15.6 Å². The van der Waals surface area contributed by atoms with Gasteiger partial charge in [-0.25, -0.2) is 4.79 Å². The average molecular weight is 284 g/mol. The maximum atomic E-state index is 11.1. The van der Waals surface area contributed by atoms with Gasteiger partial charge in [0.25, 0.3) is 0 Å². The highest BCUT2D eigenvalue weighted by atomic mass is 35.5. The van der Waals surface area contributed by atoms with Crippen LogP contribution in [0.1, 0.15) is 33.2 Å². The van der Waals surface area contributed by atoms with Crippen molar-refractivity contribution in [2.24, 2.45) is 0 Å². The SMILES string of the molecule is Cc1ccc(CC(C)n2cc(Cl)cc2C(=O)O)s1. The number of hydrogen-bond acceptors (Lipinski definition) is 2. The van der Waals surface area contributed by atoms with Gasteiger partial charge in [0.15, 0.2) is 0 Å². The quantitative estimate of drug-likeness (QED) is 0.921. The van der Waals surface area contributed by atoms with Gasteiger partial charge in [0.1, 0.15) is 5.69 Å². The predicted octanol–water partition coefficient (Wildman–Crippen LogP) is 4.01. The molecule has 0 amide bonds. The molecule has 2 heterocycles. The maximum absolute atomic E-state index is 11.1. The van der Waals surface area contributed by atoms with Crippen molar-refractivity contribution in [2.45, 2.75) is 26.3 Å². The first kappa shape index (κ1) is 13.2. The number of aromatic carboxylic acids is 1. The van der Waals surface area contributed by atoms with E-state index < -0.39 is 5.97 Å². The van der Waals surface area contributed by atoms with Crippen LogP contribution in [-0.2, 0) is 6.42 Å². The third-order valence-electron chi connectivity index (χ3n) is 2.80. The van der Waals surface area contributed by atoms with E-state index in [1.54, 1.807) is 22.1 Å². The van der Waals surface area contributed by atoms with Crippen LogP contribution in [0, 0.1) is 6.92 Å². The molecule has 0 spiro atoms. The Balaban J connectivity index is 2.23. The van der Waals surface area contributed by atoms with E-state index in [-0.39, 0.29) is 11.7 Å². The van der Waals surface area contributed by atoms with Gasteiger partial charge in [0, 0.05) is 28.4 Å². The molecule has 0 aliphatic heterocycles. The maximum Gasteiger partial charge on any atom is 0.352 e. The van der Waals surface area contributed by atoms with Crippen molar-refractivity contribution in [3.63, 3.8) is 0 Å². The highest BCUT2D eigenvalue weighted by Gasteiger charge is 2.16. The number of rotatable bonds is 4. The fraction of sp³-hybridized carbons (Fsp3) is 0.308. The minimum Gasteiger partial charge on any atom is -0.477 e. The fourth-order valence-corrected chi connectivity index (χ4v) is 3.18. The molecule has 0 saturated heterocycles. The normalized spacial score (nSPS) is 12.6. The van der Waals surface area contributed by atoms with E-state index in [9.17, 15) is 4.79 Å². The number of halogens is 1. The number of hydrogen-bond donors (Lipinski definition) is 1. The lowest BCUT2D eigenvalue weighted by Gasteiger charge is -2.14. The standard InChI is InChI=1S/C13H14ClNO2S/c1-8(5-11-4-3-9(2)18-11)15-7-10(14)6-12(15)13(16)17/h3-4,6-8H,5H2,1-2H3,(H,16,17). The van der Waals surface area contributed by atoms with Crippen molar-refractivity contribution in [3.8, 4) is 0 Å². The monoisotopic (exact) mass is 283 g/mol. The van der Waals surface area contributed by atoms with Crippen molar-refractivity contribution in [3.05, 3.63) is 44.9 Å². The van der Waals surface area contributed by atoms with Crippen LogP contribution in [0.5, 0.6) is 0 Å².